The number of rotatable bonds is 5. The molecule has 29 heavy (non-hydrogen) atoms. The van der Waals surface area contributed by atoms with Gasteiger partial charge in [-0.3, -0.25) is 0 Å². The third-order valence-electron chi connectivity index (χ3n) is 4.36. The molecular weight excluding hydrogens is 408 g/mol. The predicted molar refractivity (Wildman–Crippen MR) is 109 cm³/mol. The summed E-state index contributed by atoms with van der Waals surface area (Å²) in [5, 5.41) is 3.98. The van der Waals surface area contributed by atoms with Crippen LogP contribution in [0.15, 0.2) is 112 Å². The summed E-state index contributed by atoms with van der Waals surface area (Å²) in [6.45, 7) is 0. The van der Waals surface area contributed by atoms with Crippen LogP contribution in [-0.2, 0) is 19.9 Å². The molecule has 3 aromatic carbocycles. The average Bonchev–Trinajstić information content (AvgIpc) is 3.23. The van der Waals surface area contributed by atoms with Crippen molar-refractivity contribution in [3.63, 3.8) is 0 Å². The molecule has 0 amide bonds. The van der Waals surface area contributed by atoms with Gasteiger partial charge < -0.3 is 0 Å². The summed E-state index contributed by atoms with van der Waals surface area (Å²) in [4.78, 5) is -0.0906. The van der Waals surface area contributed by atoms with Crippen molar-refractivity contribution in [3.05, 3.63) is 97.2 Å². The molecule has 6 nitrogen and oxygen atoms in total. The first kappa shape index (κ1) is 19.1. The number of aromatic nitrogens is 2. The highest BCUT2D eigenvalue weighted by Crippen LogP contribution is 2.33. The summed E-state index contributed by atoms with van der Waals surface area (Å²) in [6.07, 6.45) is 1.09. The Morgan fingerprint density at radius 3 is 1.66 bits per heavy atom. The largest absolute Gasteiger partial charge is 0.283 e. The van der Waals surface area contributed by atoms with Gasteiger partial charge in [0.15, 0.2) is 0 Å². The fraction of sp³-hybridized carbons (Fsp3) is 0. The molecule has 146 valence electrons. The minimum atomic E-state index is -4.10. The van der Waals surface area contributed by atoms with Gasteiger partial charge in [0.05, 0.1) is 16.0 Å². The summed E-state index contributed by atoms with van der Waals surface area (Å²) >= 11 is 0. The van der Waals surface area contributed by atoms with Crippen molar-refractivity contribution in [1.29, 1.82) is 0 Å². The Labute approximate surface area is 169 Å². The van der Waals surface area contributed by atoms with Gasteiger partial charge in [-0.1, -0.05) is 66.7 Å². The first-order valence-electron chi connectivity index (χ1n) is 8.66. The molecule has 1 aromatic heterocycles. The maximum atomic E-state index is 13.3. The lowest BCUT2D eigenvalue weighted by molar-refractivity contribution is 0.581. The lowest BCUT2D eigenvalue weighted by Crippen LogP contribution is -2.16. The van der Waals surface area contributed by atoms with Crippen LogP contribution in [0.2, 0.25) is 0 Å². The minimum Gasteiger partial charge on any atom is -0.218 e. The smallest absolute Gasteiger partial charge is 0.218 e. The molecule has 8 heteroatoms. The third-order valence-corrected chi connectivity index (χ3v) is 7.73. The molecule has 0 bridgehead atoms. The second kappa shape index (κ2) is 7.31. The molecule has 0 aliphatic heterocycles. The molecule has 0 N–H and O–H groups in total. The Bertz CT molecular complexity index is 1260. The van der Waals surface area contributed by atoms with Crippen LogP contribution in [0.4, 0.5) is 0 Å². The highest BCUT2D eigenvalue weighted by atomic mass is 32.2. The monoisotopic (exact) mass is 424 g/mol. The zero-order chi connectivity index (χ0) is 20.5. The van der Waals surface area contributed by atoms with Gasteiger partial charge in [0.25, 0.3) is 10.0 Å². The van der Waals surface area contributed by atoms with Crippen LogP contribution in [0, 0.1) is 0 Å². The first-order chi connectivity index (χ1) is 13.9. The molecule has 4 aromatic rings. The second-order valence-electron chi connectivity index (χ2n) is 6.20. The maximum absolute atomic E-state index is 13.3. The van der Waals surface area contributed by atoms with E-state index in [-0.39, 0.29) is 20.4 Å². The zero-order valence-corrected chi connectivity index (χ0v) is 16.7. The first-order valence-corrected chi connectivity index (χ1v) is 11.6. The number of hydrogen-bond donors (Lipinski definition) is 0. The van der Waals surface area contributed by atoms with Crippen molar-refractivity contribution in [2.45, 2.75) is 14.7 Å². The average molecular weight is 425 g/mol. The van der Waals surface area contributed by atoms with E-state index in [0.717, 1.165) is 10.3 Å². The van der Waals surface area contributed by atoms with E-state index >= 15 is 0 Å². The van der Waals surface area contributed by atoms with Crippen molar-refractivity contribution < 1.29 is 16.8 Å². The van der Waals surface area contributed by atoms with Gasteiger partial charge >= 0.3 is 0 Å². The number of sulfone groups is 1. The summed E-state index contributed by atoms with van der Waals surface area (Å²) in [5.41, 5.74) is 0.428. The minimum absolute atomic E-state index is 0.00157. The lowest BCUT2D eigenvalue weighted by Gasteiger charge is -2.11. The topological polar surface area (TPSA) is 86.1 Å². The van der Waals surface area contributed by atoms with Gasteiger partial charge in [0, 0.05) is 5.56 Å². The number of benzene rings is 3. The van der Waals surface area contributed by atoms with E-state index in [9.17, 15) is 16.8 Å². The van der Waals surface area contributed by atoms with E-state index in [2.05, 4.69) is 5.10 Å². The quantitative estimate of drug-likeness (QED) is 0.488. The number of hydrogen-bond acceptors (Lipinski definition) is 5. The Balaban J connectivity index is 2.01. The highest BCUT2D eigenvalue weighted by molar-refractivity contribution is 7.92. The van der Waals surface area contributed by atoms with Gasteiger partial charge in [-0.25, -0.2) is 8.42 Å². The number of nitrogens with zero attached hydrogens (tertiary/aromatic N) is 2. The third kappa shape index (κ3) is 3.37. The Morgan fingerprint density at radius 2 is 1.10 bits per heavy atom. The van der Waals surface area contributed by atoms with E-state index in [4.69, 9.17) is 0 Å². The molecule has 4 rings (SSSR count). The lowest BCUT2D eigenvalue weighted by atomic mass is 10.2. The zero-order valence-electron chi connectivity index (χ0n) is 15.1. The molecule has 0 radical (unpaired) electrons. The fourth-order valence-electron chi connectivity index (χ4n) is 2.96. The molecule has 0 aliphatic carbocycles. The summed E-state index contributed by atoms with van der Waals surface area (Å²) in [7, 11) is -8.09. The van der Waals surface area contributed by atoms with Crippen LogP contribution in [-0.4, -0.2) is 26.0 Å². The molecule has 1 heterocycles. The van der Waals surface area contributed by atoms with Gasteiger partial charge in [0.2, 0.25) is 9.84 Å². The highest BCUT2D eigenvalue weighted by Gasteiger charge is 2.31. The summed E-state index contributed by atoms with van der Waals surface area (Å²) in [6, 6.07) is 24.1. The van der Waals surface area contributed by atoms with Crippen LogP contribution in [0.25, 0.3) is 11.3 Å². The summed E-state index contributed by atoms with van der Waals surface area (Å²) < 4.78 is 53.7. The van der Waals surface area contributed by atoms with E-state index in [1.165, 1.54) is 24.3 Å². The SMILES string of the molecule is O=S(=O)(c1ccccc1)c1cnn(S(=O)(=O)c2ccccc2)c1-c1ccccc1. The van der Waals surface area contributed by atoms with E-state index in [1.54, 1.807) is 66.7 Å². The van der Waals surface area contributed by atoms with E-state index in [1.807, 2.05) is 0 Å². The molecule has 0 atom stereocenters. The molecule has 0 unspecified atom stereocenters. The van der Waals surface area contributed by atoms with Gasteiger partial charge in [0.1, 0.15) is 10.6 Å². The van der Waals surface area contributed by atoms with E-state index < -0.39 is 19.9 Å². The van der Waals surface area contributed by atoms with Crippen LogP contribution < -0.4 is 0 Å². The van der Waals surface area contributed by atoms with Crippen molar-refractivity contribution in [2.75, 3.05) is 0 Å². The summed E-state index contributed by atoms with van der Waals surface area (Å²) in [5.74, 6) is 0. The molecule has 0 saturated heterocycles. The van der Waals surface area contributed by atoms with Crippen molar-refractivity contribution in [3.8, 4) is 11.3 Å². The Hall–Kier alpha value is -3.23. The second-order valence-corrected chi connectivity index (χ2v) is 9.89. The normalized spacial score (nSPS) is 12.0. The van der Waals surface area contributed by atoms with Gasteiger partial charge in [-0.05, 0) is 24.3 Å². The van der Waals surface area contributed by atoms with Crippen molar-refractivity contribution in [2.24, 2.45) is 0 Å². The maximum Gasteiger partial charge on any atom is 0.283 e. The van der Waals surface area contributed by atoms with Crippen molar-refractivity contribution >= 4 is 19.9 Å². The van der Waals surface area contributed by atoms with Crippen LogP contribution in [0.3, 0.4) is 0 Å². The standard InChI is InChI=1S/C21H16N2O4S2/c24-28(25,18-12-6-2-7-13-18)20-16-22-23(21(20)17-10-4-1-5-11-17)29(26,27)19-14-8-3-9-15-19/h1-16H. The van der Waals surface area contributed by atoms with Gasteiger partial charge in [-0.15, -0.1) is 0 Å². The van der Waals surface area contributed by atoms with Crippen LogP contribution in [0.1, 0.15) is 0 Å². The predicted octanol–water partition coefficient (Wildman–Crippen LogP) is 3.62. The van der Waals surface area contributed by atoms with Gasteiger partial charge in [-0.2, -0.15) is 17.6 Å². The van der Waals surface area contributed by atoms with Crippen LogP contribution >= 0.6 is 0 Å². The fourth-order valence-corrected chi connectivity index (χ4v) is 5.75. The molecular formula is C21H16N2O4S2. The van der Waals surface area contributed by atoms with E-state index in [0.29, 0.717) is 5.56 Å². The molecule has 0 saturated carbocycles. The van der Waals surface area contributed by atoms with Crippen molar-refractivity contribution in [1.82, 2.24) is 9.19 Å². The molecule has 0 spiro atoms. The molecule has 0 aliphatic rings. The Morgan fingerprint density at radius 1 is 0.621 bits per heavy atom. The Kier molecular flexibility index (Phi) is 4.81. The van der Waals surface area contributed by atoms with Crippen LogP contribution in [0.5, 0.6) is 0 Å². The molecule has 0 fully saturated rings.